The number of nitrogens with zero attached hydrogens (tertiary/aromatic N) is 2. The van der Waals surface area contributed by atoms with Crippen molar-refractivity contribution in [2.75, 3.05) is 65.6 Å². The lowest BCUT2D eigenvalue weighted by molar-refractivity contribution is -0.139. The van der Waals surface area contributed by atoms with Gasteiger partial charge in [-0.15, -0.1) is 0 Å². The molecular formula is C27H34N4O6. The highest BCUT2D eigenvalue weighted by atomic mass is 16.5. The van der Waals surface area contributed by atoms with Crippen LogP contribution in [-0.2, 0) is 9.53 Å². The van der Waals surface area contributed by atoms with Crippen molar-refractivity contribution in [3.63, 3.8) is 0 Å². The Kier molecular flexibility index (Phi) is 8.39. The van der Waals surface area contributed by atoms with Crippen LogP contribution in [0.15, 0.2) is 53.7 Å². The number of esters is 1. The first kappa shape index (κ1) is 26.2. The van der Waals surface area contributed by atoms with Crippen molar-refractivity contribution in [3.8, 4) is 17.2 Å². The molecule has 198 valence electrons. The molecule has 2 aliphatic rings. The molecule has 1 fully saturated rings. The lowest BCUT2D eigenvalue weighted by atomic mass is 9.93. The van der Waals surface area contributed by atoms with Crippen LogP contribution in [0.3, 0.4) is 0 Å². The van der Waals surface area contributed by atoms with Crippen molar-refractivity contribution in [1.29, 1.82) is 0 Å². The first-order chi connectivity index (χ1) is 18.0. The van der Waals surface area contributed by atoms with Gasteiger partial charge in [0.25, 0.3) is 0 Å². The number of urea groups is 1. The summed E-state index contributed by atoms with van der Waals surface area (Å²) in [5.74, 6) is 1.30. The topological polar surface area (TPSA) is 102 Å². The van der Waals surface area contributed by atoms with Gasteiger partial charge in [0.05, 0.1) is 45.2 Å². The average Bonchev–Trinajstić information content (AvgIpc) is 2.92. The maximum atomic E-state index is 13.2. The second kappa shape index (κ2) is 11.9. The molecule has 1 atom stereocenters. The molecule has 2 aromatic rings. The number of rotatable bonds is 9. The van der Waals surface area contributed by atoms with Crippen molar-refractivity contribution < 1.29 is 28.5 Å². The molecule has 1 saturated heterocycles. The fourth-order valence-electron chi connectivity index (χ4n) is 4.83. The molecule has 37 heavy (non-hydrogen) atoms. The molecule has 0 saturated carbocycles. The van der Waals surface area contributed by atoms with E-state index in [0.29, 0.717) is 34.9 Å². The van der Waals surface area contributed by atoms with Crippen LogP contribution in [0.25, 0.3) is 0 Å². The molecule has 10 heteroatoms. The molecule has 0 aromatic heterocycles. The molecule has 0 spiro atoms. The Morgan fingerprint density at radius 2 is 1.65 bits per heavy atom. The minimum atomic E-state index is -0.761. The van der Waals surface area contributed by atoms with E-state index in [-0.39, 0.29) is 6.61 Å². The zero-order chi connectivity index (χ0) is 26.4. The van der Waals surface area contributed by atoms with Gasteiger partial charge in [0.15, 0.2) is 11.5 Å². The quantitative estimate of drug-likeness (QED) is 0.497. The number of amides is 2. The zero-order valence-corrected chi connectivity index (χ0v) is 21.7. The number of carbonyl (C=O) groups is 2. The number of anilines is 1. The Bertz CT molecular complexity index is 1160. The largest absolute Gasteiger partial charge is 0.495 e. The number of hydrogen-bond acceptors (Lipinski definition) is 8. The lowest BCUT2D eigenvalue weighted by Crippen LogP contribution is -2.52. The molecule has 2 N–H and O–H groups in total. The SMILES string of the molecule is CCOC(=O)C1=C(CN2CCN(c3ccccc3OC)CC2)NC(=O)NC1c1cccc(OC)c1OC. The summed E-state index contributed by atoms with van der Waals surface area (Å²) >= 11 is 0. The van der Waals surface area contributed by atoms with Gasteiger partial charge in [0, 0.05) is 44.0 Å². The Hall–Kier alpha value is -3.92. The van der Waals surface area contributed by atoms with Gasteiger partial charge in [0.1, 0.15) is 5.75 Å². The van der Waals surface area contributed by atoms with Gasteiger partial charge in [-0.25, -0.2) is 9.59 Å². The van der Waals surface area contributed by atoms with Gasteiger partial charge in [-0.1, -0.05) is 24.3 Å². The third-order valence-corrected chi connectivity index (χ3v) is 6.57. The standard InChI is InChI=1S/C27H34N4O6/c1-5-37-26(32)23-19(17-30-13-15-31(16-14-30)20-10-6-7-11-21(20)34-2)28-27(33)29-24(23)18-9-8-12-22(35-3)25(18)36-4/h6-12,24H,5,13-17H2,1-4H3,(H2,28,29,33). The highest BCUT2D eigenvalue weighted by Gasteiger charge is 2.36. The summed E-state index contributed by atoms with van der Waals surface area (Å²) in [7, 11) is 4.74. The summed E-state index contributed by atoms with van der Waals surface area (Å²) in [6.07, 6.45) is 0. The number of methoxy groups -OCH3 is 3. The van der Waals surface area contributed by atoms with Crippen LogP contribution >= 0.6 is 0 Å². The van der Waals surface area contributed by atoms with E-state index >= 15 is 0 Å². The number of para-hydroxylation sites is 3. The number of ether oxygens (including phenoxy) is 4. The monoisotopic (exact) mass is 510 g/mol. The van der Waals surface area contributed by atoms with Crippen LogP contribution < -0.4 is 29.7 Å². The molecule has 1 unspecified atom stereocenters. The molecule has 2 heterocycles. The van der Waals surface area contributed by atoms with Gasteiger partial charge in [-0.2, -0.15) is 0 Å². The molecule has 10 nitrogen and oxygen atoms in total. The summed E-state index contributed by atoms with van der Waals surface area (Å²) in [4.78, 5) is 30.5. The molecule has 2 amide bonds. The molecule has 2 aromatic carbocycles. The van der Waals surface area contributed by atoms with E-state index in [0.717, 1.165) is 37.6 Å². The summed E-state index contributed by atoms with van der Waals surface area (Å²) in [5, 5.41) is 5.73. The van der Waals surface area contributed by atoms with E-state index < -0.39 is 18.0 Å². The summed E-state index contributed by atoms with van der Waals surface area (Å²) < 4.78 is 22.0. The molecular weight excluding hydrogens is 476 g/mol. The zero-order valence-electron chi connectivity index (χ0n) is 21.7. The second-order valence-corrected chi connectivity index (χ2v) is 8.66. The van der Waals surface area contributed by atoms with Gasteiger partial charge in [-0.05, 0) is 25.1 Å². The minimum Gasteiger partial charge on any atom is -0.495 e. The van der Waals surface area contributed by atoms with Crippen molar-refractivity contribution >= 4 is 17.7 Å². The third-order valence-electron chi connectivity index (χ3n) is 6.57. The lowest BCUT2D eigenvalue weighted by Gasteiger charge is -2.38. The van der Waals surface area contributed by atoms with Crippen molar-refractivity contribution in [2.45, 2.75) is 13.0 Å². The number of nitrogens with one attached hydrogen (secondary N) is 2. The molecule has 0 bridgehead atoms. The summed E-state index contributed by atoms with van der Waals surface area (Å²) in [6.45, 7) is 5.41. The van der Waals surface area contributed by atoms with Crippen molar-refractivity contribution in [3.05, 3.63) is 59.3 Å². The maximum Gasteiger partial charge on any atom is 0.338 e. The Morgan fingerprint density at radius 1 is 0.946 bits per heavy atom. The van der Waals surface area contributed by atoms with E-state index in [1.165, 1.54) is 7.11 Å². The highest BCUT2D eigenvalue weighted by Crippen LogP contribution is 2.39. The average molecular weight is 511 g/mol. The van der Waals surface area contributed by atoms with Crippen LogP contribution in [0.2, 0.25) is 0 Å². The first-order valence-corrected chi connectivity index (χ1v) is 12.3. The number of piperazine rings is 1. The van der Waals surface area contributed by atoms with Crippen LogP contribution in [0.5, 0.6) is 17.2 Å². The number of hydrogen-bond donors (Lipinski definition) is 2. The van der Waals surface area contributed by atoms with E-state index in [1.807, 2.05) is 18.2 Å². The van der Waals surface area contributed by atoms with Crippen molar-refractivity contribution in [1.82, 2.24) is 15.5 Å². The molecule has 0 radical (unpaired) electrons. The minimum absolute atomic E-state index is 0.211. The van der Waals surface area contributed by atoms with Gasteiger partial charge in [0.2, 0.25) is 0 Å². The van der Waals surface area contributed by atoms with Crippen LogP contribution in [0.1, 0.15) is 18.5 Å². The first-order valence-electron chi connectivity index (χ1n) is 12.3. The highest BCUT2D eigenvalue weighted by molar-refractivity contribution is 5.95. The van der Waals surface area contributed by atoms with Crippen LogP contribution in [0, 0.1) is 0 Å². The molecule has 0 aliphatic carbocycles. The Morgan fingerprint density at radius 3 is 2.32 bits per heavy atom. The second-order valence-electron chi connectivity index (χ2n) is 8.66. The van der Waals surface area contributed by atoms with E-state index in [1.54, 1.807) is 39.3 Å². The van der Waals surface area contributed by atoms with E-state index in [4.69, 9.17) is 18.9 Å². The third kappa shape index (κ3) is 5.59. The van der Waals surface area contributed by atoms with Crippen molar-refractivity contribution in [2.24, 2.45) is 0 Å². The summed E-state index contributed by atoms with van der Waals surface area (Å²) in [6, 6.07) is 12.2. The van der Waals surface area contributed by atoms with Gasteiger partial charge >= 0.3 is 12.0 Å². The molecule has 2 aliphatic heterocycles. The number of benzene rings is 2. The van der Waals surface area contributed by atoms with Crippen LogP contribution in [0.4, 0.5) is 10.5 Å². The Balaban J connectivity index is 1.62. The molecule has 4 rings (SSSR count). The van der Waals surface area contributed by atoms with Gasteiger partial charge < -0.3 is 34.5 Å². The van der Waals surface area contributed by atoms with E-state index in [9.17, 15) is 9.59 Å². The predicted molar refractivity (Wildman–Crippen MR) is 139 cm³/mol. The Labute approximate surface area is 217 Å². The van der Waals surface area contributed by atoms with Crippen LogP contribution in [-0.4, -0.2) is 77.6 Å². The normalized spacial score (nSPS) is 18.1. The summed E-state index contributed by atoms with van der Waals surface area (Å²) in [5.41, 5.74) is 2.53. The fraction of sp³-hybridized carbons (Fsp3) is 0.407. The number of carbonyl (C=O) groups excluding carboxylic acids is 2. The fourth-order valence-corrected chi connectivity index (χ4v) is 4.83. The smallest absolute Gasteiger partial charge is 0.338 e. The maximum absolute atomic E-state index is 13.2. The van der Waals surface area contributed by atoms with E-state index in [2.05, 4.69) is 26.5 Å². The van der Waals surface area contributed by atoms with Gasteiger partial charge in [-0.3, -0.25) is 4.90 Å². The predicted octanol–water partition coefficient (Wildman–Crippen LogP) is 2.71.